The molecule has 0 fully saturated rings. The maximum Gasteiger partial charge on any atom is 0.165 e. The highest BCUT2D eigenvalue weighted by atomic mass is 32.2. The molecule has 20 heavy (non-hydrogen) atoms. The molecule has 2 aromatic rings. The Labute approximate surface area is 122 Å². The lowest BCUT2D eigenvalue weighted by Crippen LogP contribution is -2.20. The van der Waals surface area contributed by atoms with E-state index in [1.54, 1.807) is 11.8 Å². The Morgan fingerprint density at radius 3 is 2.70 bits per heavy atom. The molecule has 0 radical (unpaired) electrons. The van der Waals surface area contributed by atoms with E-state index >= 15 is 0 Å². The molecule has 100 valence electrons. The zero-order chi connectivity index (χ0) is 14.1. The minimum absolute atomic E-state index is 0.647. The molecule has 3 rings (SSSR count). The topological polar surface area (TPSA) is 47.3 Å². The van der Waals surface area contributed by atoms with E-state index in [1.165, 1.54) is 10.6 Å². The quantitative estimate of drug-likeness (QED) is 0.849. The number of rotatable bonds is 2. The highest BCUT2D eigenvalue weighted by Gasteiger charge is 2.22. The summed E-state index contributed by atoms with van der Waals surface area (Å²) in [6.07, 6.45) is -1.06. The number of aliphatic hydroxyl groups is 1. The first kappa shape index (κ1) is 13.0. The van der Waals surface area contributed by atoms with Crippen LogP contribution in [-0.4, -0.2) is 11.7 Å². The monoisotopic (exact) mass is 282 g/mol. The molecule has 1 aliphatic rings. The summed E-state index contributed by atoms with van der Waals surface area (Å²) in [5.74, 6) is 0. The number of aliphatic hydroxyl groups excluding tert-OH is 1. The fourth-order valence-electron chi connectivity index (χ4n) is 2.44. The molecule has 1 N–H and O–H groups in total. The first-order valence-electron chi connectivity index (χ1n) is 6.50. The summed E-state index contributed by atoms with van der Waals surface area (Å²) >= 11 is 1.68. The Bertz CT molecular complexity index is 693. The van der Waals surface area contributed by atoms with Crippen molar-refractivity contribution in [1.29, 1.82) is 5.26 Å². The molecule has 0 bridgehead atoms. The number of hydrogen-bond acceptors (Lipinski definition) is 4. The Kier molecular flexibility index (Phi) is 3.39. The van der Waals surface area contributed by atoms with E-state index in [0.29, 0.717) is 5.56 Å². The first-order valence-corrected chi connectivity index (χ1v) is 7.32. The summed E-state index contributed by atoms with van der Waals surface area (Å²) in [6.45, 7) is 3.00. The van der Waals surface area contributed by atoms with Crippen LogP contribution in [0, 0.1) is 11.3 Å². The van der Waals surface area contributed by atoms with Gasteiger partial charge in [-0.2, -0.15) is 5.26 Å². The molecule has 1 aliphatic heterocycles. The van der Waals surface area contributed by atoms with Crippen molar-refractivity contribution >= 4 is 23.1 Å². The minimum atomic E-state index is -1.06. The zero-order valence-electron chi connectivity index (χ0n) is 11.1. The molecule has 0 saturated carbocycles. The summed E-state index contributed by atoms with van der Waals surface area (Å²) in [6, 6.07) is 15.9. The second kappa shape index (κ2) is 5.20. The maximum atomic E-state index is 9.67. The van der Waals surface area contributed by atoms with Crippen LogP contribution in [0.15, 0.2) is 52.3 Å². The lowest BCUT2D eigenvalue weighted by atomic mass is 10.1. The van der Waals surface area contributed by atoms with E-state index in [4.69, 9.17) is 5.26 Å². The van der Waals surface area contributed by atoms with Crippen molar-refractivity contribution in [1.82, 2.24) is 0 Å². The third-order valence-electron chi connectivity index (χ3n) is 3.40. The van der Waals surface area contributed by atoms with Crippen LogP contribution in [-0.2, 0) is 0 Å². The highest BCUT2D eigenvalue weighted by Crippen LogP contribution is 2.48. The molecule has 0 unspecified atom stereocenters. The molecule has 0 saturated heterocycles. The molecule has 0 aromatic heterocycles. The van der Waals surface area contributed by atoms with Crippen molar-refractivity contribution in [2.75, 3.05) is 11.4 Å². The average Bonchev–Trinajstić information content (AvgIpc) is 2.51. The fraction of sp³-hybridized carbons (Fsp3) is 0.188. The molecule has 2 aromatic carbocycles. The molecular formula is C16H14N2OS. The van der Waals surface area contributed by atoms with E-state index in [-0.39, 0.29) is 0 Å². The van der Waals surface area contributed by atoms with E-state index < -0.39 is 6.10 Å². The number of para-hydroxylation sites is 1. The van der Waals surface area contributed by atoms with Gasteiger partial charge >= 0.3 is 0 Å². The van der Waals surface area contributed by atoms with Gasteiger partial charge in [0, 0.05) is 16.3 Å². The predicted molar refractivity (Wildman–Crippen MR) is 80.3 cm³/mol. The fourth-order valence-corrected chi connectivity index (χ4v) is 3.58. The van der Waals surface area contributed by atoms with Gasteiger partial charge in [0.1, 0.15) is 0 Å². The van der Waals surface area contributed by atoms with Crippen molar-refractivity contribution in [3.8, 4) is 6.07 Å². The molecule has 0 spiro atoms. The van der Waals surface area contributed by atoms with Gasteiger partial charge in [0.2, 0.25) is 0 Å². The molecule has 0 aliphatic carbocycles. The molecule has 3 nitrogen and oxygen atoms in total. The second-order valence-corrected chi connectivity index (χ2v) is 5.66. The summed E-state index contributed by atoms with van der Waals surface area (Å²) in [5, 5.41) is 18.5. The second-order valence-electron chi connectivity index (χ2n) is 4.57. The number of benzene rings is 2. The van der Waals surface area contributed by atoms with Gasteiger partial charge in [-0.1, -0.05) is 30.0 Å². The average molecular weight is 282 g/mol. The van der Waals surface area contributed by atoms with Crippen LogP contribution in [0.4, 0.5) is 11.4 Å². The number of hydrogen-bond donors (Lipinski definition) is 1. The SMILES string of the molecule is CCN1c2ccccc2Sc2cc([C@@H](O)C#N)ccc21. The van der Waals surface area contributed by atoms with Gasteiger partial charge in [-0.15, -0.1) is 0 Å². The summed E-state index contributed by atoms with van der Waals surface area (Å²) in [7, 11) is 0. The molecular weight excluding hydrogens is 268 g/mol. The van der Waals surface area contributed by atoms with Crippen LogP contribution >= 0.6 is 11.8 Å². The normalized spacial score (nSPS) is 14.2. The van der Waals surface area contributed by atoms with Crippen LogP contribution in [0.3, 0.4) is 0 Å². The van der Waals surface area contributed by atoms with Gasteiger partial charge in [0.15, 0.2) is 6.10 Å². The van der Waals surface area contributed by atoms with Crippen molar-refractivity contribution in [2.45, 2.75) is 22.8 Å². The molecule has 4 heteroatoms. The maximum absolute atomic E-state index is 9.67. The molecule has 0 amide bonds. The van der Waals surface area contributed by atoms with Gasteiger partial charge in [0.25, 0.3) is 0 Å². The Morgan fingerprint density at radius 1 is 1.20 bits per heavy atom. The first-order chi connectivity index (χ1) is 9.74. The molecule has 1 atom stereocenters. The summed E-state index contributed by atoms with van der Waals surface area (Å²) in [5.41, 5.74) is 2.99. The Hall–Kier alpha value is -1.96. The Balaban J connectivity index is 2.10. The summed E-state index contributed by atoms with van der Waals surface area (Å²) < 4.78 is 0. The smallest absolute Gasteiger partial charge is 0.165 e. The van der Waals surface area contributed by atoms with Crippen LogP contribution in [0.2, 0.25) is 0 Å². The van der Waals surface area contributed by atoms with Gasteiger partial charge in [-0.05, 0) is 36.8 Å². The van der Waals surface area contributed by atoms with E-state index in [2.05, 4.69) is 24.0 Å². The number of nitriles is 1. The van der Waals surface area contributed by atoms with E-state index in [1.807, 2.05) is 36.4 Å². The van der Waals surface area contributed by atoms with Crippen LogP contribution in [0.5, 0.6) is 0 Å². The van der Waals surface area contributed by atoms with Crippen LogP contribution in [0.1, 0.15) is 18.6 Å². The lowest BCUT2D eigenvalue weighted by Gasteiger charge is -2.32. The molecule has 1 heterocycles. The standard InChI is InChI=1S/C16H14N2OS/c1-2-18-12-5-3-4-6-15(12)20-16-9-11(14(19)10-17)7-8-13(16)18/h3-9,14,19H,2H2,1H3/t14-/m0/s1. The largest absolute Gasteiger partial charge is 0.374 e. The summed E-state index contributed by atoms with van der Waals surface area (Å²) in [4.78, 5) is 4.53. The third-order valence-corrected chi connectivity index (χ3v) is 4.52. The predicted octanol–water partition coefficient (Wildman–Crippen LogP) is 3.87. The van der Waals surface area contributed by atoms with Gasteiger partial charge in [-0.25, -0.2) is 0 Å². The third kappa shape index (κ3) is 2.05. The van der Waals surface area contributed by atoms with Crippen molar-refractivity contribution in [2.24, 2.45) is 0 Å². The van der Waals surface area contributed by atoms with Gasteiger partial charge in [0.05, 0.1) is 17.4 Å². The van der Waals surface area contributed by atoms with E-state index in [0.717, 1.165) is 17.1 Å². The highest BCUT2D eigenvalue weighted by molar-refractivity contribution is 7.99. The number of anilines is 2. The van der Waals surface area contributed by atoms with Crippen LogP contribution < -0.4 is 4.90 Å². The lowest BCUT2D eigenvalue weighted by molar-refractivity contribution is 0.235. The minimum Gasteiger partial charge on any atom is -0.374 e. The van der Waals surface area contributed by atoms with Crippen molar-refractivity contribution in [3.05, 3.63) is 48.0 Å². The zero-order valence-corrected chi connectivity index (χ0v) is 11.9. The van der Waals surface area contributed by atoms with Crippen LogP contribution in [0.25, 0.3) is 0 Å². The van der Waals surface area contributed by atoms with Crippen molar-refractivity contribution in [3.63, 3.8) is 0 Å². The Morgan fingerprint density at radius 2 is 1.95 bits per heavy atom. The van der Waals surface area contributed by atoms with Gasteiger partial charge < -0.3 is 10.0 Å². The van der Waals surface area contributed by atoms with Crippen molar-refractivity contribution < 1.29 is 5.11 Å². The van der Waals surface area contributed by atoms with E-state index in [9.17, 15) is 5.11 Å². The number of fused-ring (bicyclic) bond motifs is 2. The van der Waals surface area contributed by atoms with Gasteiger partial charge in [-0.3, -0.25) is 0 Å². The number of nitrogens with zero attached hydrogens (tertiary/aromatic N) is 2.